The van der Waals surface area contributed by atoms with Crippen LogP contribution < -0.4 is 5.32 Å². The Kier molecular flexibility index (Phi) is 10.5. The molecule has 7 aliphatic rings. The first kappa shape index (κ1) is 39.7. The molecular formula is C50H76N2O3. The molecule has 304 valence electrons. The van der Waals surface area contributed by atoms with Crippen LogP contribution in [0.1, 0.15) is 150 Å². The number of amides is 1. The lowest BCUT2D eigenvalue weighted by atomic mass is 9.32. The lowest BCUT2D eigenvalue weighted by Crippen LogP contribution is -2.67. The Labute approximate surface area is 335 Å². The van der Waals surface area contributed by atoms with E-state index in [4.69, 9.17) is 4.74 Å². The quantitative estimate of drug-likeness (QED) is 0.212. The highest BCUT2D eigenvalue weighted by Crippen LogP contribution is 2.77. The number of nitrogens with one attached hydrogen (secondary N) is 1. The Bertz CT molecular complexity index is 1600. The number of piperidine rings is 1. The molecule has 1 heterocycles. The van der Waals surface area contributed by atoms with E-state index in [0.717, 1.165) is 50.9 Å². The number of esters is 1. The average molecular weight is 753 g/mol. The van der Waals surface area contributed by atoms with Gasteiger partial charge in [0.05, 0.1) is 5.41 Å². The predicted molar refractivity (Wildman–Crippen MR) is 223 cm³/mol. The fourth-order valence-electron chi connectivity index (χ4n) is 16.3. The van der Waals surface area contributed by atoms with Gasteiger partial charge in [-0.2, -0.15) is 0 Å². The highest BCUT2D eigenvalue weighted by Gasteiger charge is 2.72. The van der Waals surface area contributed by atoms with Crippen LogP contribution in [-0.2, 0) is 20.7 Å². The van der Waals surface area contributed by atoms with Gasteiger partial charge >= 0.3 is 5.97 Å². The highest BCUT2D eigenvalue weighted by molar-refractivity contribution is 5.84. The minimum Gasteiger partial charge on any atom is -0.462 e. The summed E-state index contributed by atoms with van der Waals surface area (Å²) in [6.45, 7) is 24.9. The Hall–Kier alpha value is -2.14. The van der Waals surface area contributed by atoms with E-state index < -0.39 is 0 Å². The first-order chi connectivity index (χ1) is 26.1. The second-order valence-corrected chi connectivity index (χ2v) is 22.1. The van der Waals surface area contributed by atoms with Crippen LogP contribution in [0.3, 0.4) is 0 Å². The summed E-state index contributed by atoms with van der Waals surface area (Å²) in [5.41, 5.74) is 3.22. The third-order valence-electron chi connectivity index (χ3n) is 19.2. The Morgan fingerprint density at radius 1 is 0.782 bits per heavy atom. The van der Waals surface area contributed by atoms with Crippen molar-refractivity contribution in [3.8, 4) is 0 Å². The zero-order valence-corrected chi connectivity index (χ0v) is 35.9. The molecule has 0 spiro atoms. The summed E-state index contributed by atoms with van der Waals surface area (Å²) in [5.74, 6) is 4.41. The van der Waals surface area contributed by atoms with Gasteiger partial charge in [-0.3, -0.25) is 9.59 Å². The van der Waals surface area contributed by atoms with E-state index in [0.29, 0.717) is 47.5 Å². The molecule has 0 aromatic heterocycles. The van der Waals surface area contributed by atoms with E-state index in [2.05, 4.69) is 88.7 Å². The van der Waals surface area contributed by atoms with Crippen LogP contribution in [-0.4, -0.2) is 48.6 Å². The van der Waals surface area contributed by atoms with Crippen molar-refractivity contribution in [2.45, 2.75) is 163 Å². The number of fused-ring (bicyclic) bond motifs is 7. The topological polar surface area (TPSA) is 58.6 Å². The van der Waals surface area contributed by atoms with Crippen molar-refractivity contribution in [2.24, 2.45) is 68.5 Å². The minimum atomic E-state index is -0.249. The average Bonchev–Trinajstić information content (AvgIpc) is 3.76. The second-order valence-electron chi connectivity index (χ2n) is 22.1. The van der Waals surface area contributed by atoms with E-state index in [9.17, 15) is 9.59 Å². The van der Waals surface area contributed by atoms with E-state index in [1.165, 1.54) is 88.6 Å². The zero-order chi connectivity index (χ0) is 39.0. The number of ether oxygens (including phenoxy) is 1. The number of carbonyl (C=O) groups excluding carboxylic acids is 2. The number of hydrogen-bond acceptors (Lipinski definition) is 4. The Balaban J connectivity index is 0.939. The standard InChI is InChI=1S/C50H76N2O3/c1-33(2)39-18-25-50(45(54)51-38-15-14-37(31-38)32-52-28-21-36(22-29-52)30-35-12-10-9-11-13-35)27-26-48(7)40(44(39)50)16-17-42-47(6)23-20-43(55-34(3)53)46(4,5)41(47)19-24-49(42,48)8/h9-13,36-44H,1,14-32H2,2-8H3,(H,51,54)/t37-,38+,39-,40+,41-,42+,43-,44+,47-,48+,49+,50-/m0/s1. The Morgan fingerprint density at radius 2 is 1.53 bits per heavy atom. The van der Waals surface area contributed by atoms with E-state index in [1.54, 1.807) is 6.92 Å². The lowest BCUT2D eigenvalue weighted by molar-refractivity contribution is -0.248. The van der Waals surface area contributed by atoms with Crippen molar-refractivity contribution in [3.05, 3.63) is 48.0 Å². The molecule has 1 aromatic rings. The van der Waals surface area contributed by atoms with Gasteiger partial charge in [0, 0.05) is 24.9 Å². The molecule has 5 heteroatoms. The van der Waals surface area contributed by atoms with Gasteiger partial charge in [-0.15, -0.1) is 0 Å². The molecule has 0 bridgehead atoms. The maximum absolute atomic E-state index is 15.0. The van der Waals surface area contributed by atoms with E-state index in [-0.39, 0.29) is 39.1 Å². The maximum atomic E-state index is 15.0. The van der Waals surface area contributed by atoms with Gasteiger partial charge in [0.2, 0.25) is 5.91 Å². The molecule has 6 aliphatic carbocycles. The summed E-state index contributed by atoms with van der Waals surface area (Å²) in [4.78, 5) is 29.9. The molecule has 0 unspecified atom stereocenters. The summed E-state index contributed by atoms with van der Waals surface area (Å²) in [6, 6.07) is 11.4. The predicted octanol–water partition coefficient (Wildman–Crippen LogP) is 10.8. The van der Waals surface area contributed by atoms with Crippen LogP contribution in [0, 0.1) is 68.5 Å². The number of rotatable bonds is 8. The molecule has 55 heavy (non-hydrogen) atoms. The van der Waals surface area contributed by atoms with E-state index in [1.807, 2.05) is 0 Å². The highest BCUT2D eigenvalue weighted by atomic mass is 16.5. The maximum Gasteiger partial charge on any atom is 0.302 e. The van der Waals surface area contributed by atoms with E-state index >= 15 is 0 Å². The zero-order valence-electron chi connectivity index (χ0n) is 35.9. The van der Waals surface area contributed by atoms with Gasteiger partial charge in [-0.05, 0) is 186 Å². The van der Waals surface area contributed by atoms with Crippen molar-refractivity contribution in [1.29, 1.82) is 0 Å². The van der Waals surface area contributed by atoms with Gasteiger partial charge in [-0.25, -0.2) is 0 Å². The number of carbonyl (C=O) groups is 2. The molecule has 7 fully saturated rings. The van der Waals surface area contributed by atoms with Crippen molar-refractivity contribution in [3.63, 3.8) is 0 Å². The van der Waals surface area contributed by atoms with Crippen LogP contribution in [0.25, 0.3) is 0 Å². The van der Waals surface area contributed by atoms with Crippen molar-refractivity contribution >= 4 is 11.9 Å². The largest absolute Gasteiger partial charge is 0.462 e. The molecular weight excluding hydrogens is 677 g/mol. The number of allylic oxidation sites excluding steroid dienone is 1. The third kappa shape index (κ3) is 6.59. The van der Waals surface area contributed by atoms with Crippen LogP contribution in [0.5, 0.6) is 0 Å². The normalized spacial score (nSPS) is 44.1. The molecule has 0 radical (unpaired) electrons. The van der Waals surface area contributed by atoms with Crippen LogP contribution in [0.2, 0.25) is 0 Å². The van der Waals surface area contributed by atoms with Crippen LogP contribution >= 0.6 is 0 Å². The molecule has 1 N–H and O–H groups in total. The number of benzene rings is 1. The van der Waals surface area contributed by atoms with Crippen molar-refractivity contribution in [1.82, 2.24) is 10.2 Å². The monoisotopic (exact) mass is 753 g/mol. The SMILES string of the molecule is C=C(C)[C@@H]1CC[C@]2(C(=O)N[C@@H]3CC[C@H](CN4CCC(Cc5ccccc5)CC4)C3)CC[C@]3(C)[C@H](CC[C@@H]4[C@@]5(C)CC[C@H](OC(C)=O)C(C)(C)[C@@H]5CC[C@]43C)[C@@H]12. The summed E-state index contributed by atoms with van der Waals surface area (Å²) < 4.78 is 6.00. The van der Waals surface area contributed by atoms with Gasteiger partial charge in [0.15, 0.2) is 0 Å². The first-order valence-corrected chi connectivity index (χ1v) is 23.0. The number of nitrogens with zero attached hydrogens (tertiary/aromatic N) is 1. The fourth-order valence-corrected chi connectivity index (χ4v) is 16.3. The molecule has 8 rings (SSSR count). The molecule has 5 nitrogen and oxygen atoms in total. The van der Waals surface area contributed by atoms with Crippen LogP contribution in [0.15, 0.2) is 42.5 Å². The minimum absolute atomic E-state index is 0.0146. The molecule has 1 amide bonds. The summed E-state index contributed by atoms with van der Waals surface area (Å²) in [6.07, 6.45) is 18.9. The van der Waals surface area contributed by atoms with Gasteiger partial charge in [0.1, 0.15) is 6.10 Å². The molecule has 12 atom stereocenters. The summed E-state index contributed by atoms with van der Waals surface area (Å²) >= 11 is 0. The van der Waals surface area contributed by atoms with Gasteiger partial charge < -0.3 is 15.0 Å². The van der Waals surface area contributed by atoms with Crippen molar-refractivity contribution < 1.29 is 14.3 Å². The number of likely N-dealkylation sites (tertiary alicyclic amines) is 1. The molecule has 1 aliphatic heterocycles. The van der Waals surface area contributed by atoms with Crippen molar-refractivity contribution in [2.75, 3.05) is 19.6 Å². The van der Waals surface area contributed by atoms with Gasteiger partial charge in [-0.1, -0.05) is 77.1 Å². The summed E-state index contributed by atoms with van der Waals surface area (Å²) in [7, 11) is 0. The van der Waals surface area contributed by atoms with Gasteiger partial charge in [0.25, 0.3) is 0 Å². The van der Waals surface area contributed by atoms with Crippen LogP contribution in [0.4, 0.5) is 0 Å². The molecule has 6 saturated carbocycles. The summed E-state index contributed by atoms with van der Waals surface area (Å²) in [5, 5.41) is 3.79. The number of hydrogen-bond donors (Lipinski definition) is 1. The molecule has 1 saturated heterocycles. The second kappa shape index (κ2) is 14.6. The first-order valence-electron chi connectivity index (χ1n) is 23.0. The lowest BCUT2D eigenvalue weighted by Gasteiger charge is -2.72. The molecule has 1 aromatic carbocycles. The Morgan fingerprint density at radius 3 is 2.24 bits per heavy atom. The third-order valence-corrected chi connectivity index (χ3v) is 19.2. The fraction of sp³-hybridized carbons (Fsp3) is 0.800. The smallest absolute Gasteiger partial charge is 0.302 e.